The van der Waals surface area contributed by atoms with E-state index in [9.17, 15) is 14.4 Å². The van der Waals surface area contributed by atoms with Crippen molar-refractivity contribution in [3.8, 4) is 0 Å². The Hall–Kier alpha value is -1.24. The van der Waals surface area contributed by atoms with Gasteiger partial charge in [-0.25, -0.2) is 0 Å². The zero-order chi connectivity index (χ0) is 13.8. The number of carboxylic acid groups (broad SMARTS) is 1. The molecule has 1 aliphatic carbocycles. The van der Waals surface area contributed by atoms with E-state index in [4.69, 9.17) is 5.11 Å². The maximum atomic E-state index is 11.8. The molecule has 1 saturated heterocycles. The van der Waals surface area contributed by atoms with Crippen LogP contribution in [0.1, 0.15) is 25.7 Å². The molecule has 1 heterocycles. The summed E-state index contributed by atoms with van der Waals surface area (Å²) in [5.41, 5.74) is 0. The fraction of sp³-hybridized carbons (Fsp3) is 0.750. The molecule has 0 bridgehead atoms. The van der Waals surface area contributed by atoms with Gasteiger partial charge in [0.2, 0.25) is 5.91 Å². The minimum Gasteiger partial charge on any atom is -0.481 e. The molecule has 2 rings (SSSR count). The molecule has 1 unspecified atom stereocenters. The Bertz CT molecular complexity index is 380. The number of hydrogen-bond acceptors (Lipinski definition) is 4. The van der Waals surface area contributed by atoms with Gasteiger partial charge in [-0.2, -0.15) is 0 Å². The Morgan fingerprint density at radius 3 is 2.53 bits per heavy atom. The van der Waals surface area contributed by atoms with E-state index in [0.29, 0.717) is 31.1 Å². The number of amides is 2. The van der Waals surface area contributed by atoms with Gasteiger partial charge in [0.25, 0.3) is 5.24 Å². The van der Waals surface area contributed by atoms with Crippen LogP contribution >= 0.6 is 11.8 Å². The third-order valence-electron chi connectivity index (χ3n) is 3.75. The highest BCUT2D eigenvalue weighted by Crippen LogP contribution is 2.28. The SMILES string of the molecule is O=C1NC(C(=O)NCC2CCC(C(=O)O)CC2)CS1. The van der Waals surface area contributed by atoms with Gasteiger partial charge in [0, 0.05) is 12.3 Å². The van der Waals surface area contributed by atoms with Crippen molar-refractivity contribution < 1.29 is 19.5 Å². The molecule has 7 heteroatoms. The molecule has 6 nitrogen and oxygen atoms in total. The topological polar surface area (TPSA) is 95.5 Å². The monoisotopic (exact) mass is 286 g/mol. The van der Waals surface area contributed by atoms with E-state index in [1.165, 1.54) is 0 Å². The lowest BCUT2D eigenvalue weighted by molar-refractivity contribution is -0.143. The van der Waals surface area contributed by atoms with Crippen LogP contribution in [0, 0.1) is 11.8 Å². The average molecular weight is 286 g/mol. The van der Waals surface area contributed by atoms with Crippen molar-refractivity contribution >= 4 is 28.9 Å². The van der Waals surface area contributed by atoms with E-state index in [2.05, 4.69) is 10.6 Å². The van der Waals surface area contributed by atoms with Crippen molar-refractivity contribution in [1.29, 1.82) is 0 Å². The molecule has 0 spiro atoms. The second-order valence-corrected chi connectivity index (χ2v) is 6.09. The minimum absolute atomic E-state index is 0.140. The summed E-state index contributed by atoms with van der Waals surface area (Å²) in [6.07, 6.45) is 3.05. The van der Waals surface area contributed by atoms with Crippen LogP contribution in [0.2, 0.25) is 0 Å². The Morgan fingerprint density at radius 2 is 2.00 bits per heavy atom. The van der Waals surface area contributed by atoms with Crippen LogP contribution in [-0.2, 0) is 9.59 Å². The van der Waals surface area contributed by atoms with Gasteiger partial charge in [0.15, 0.2) is 0 Å². The van der Waals surface area contributed by atoms with Crippen LogP contribution in [0.5, 0.6) is 0 Å². The zero-order valence-electron chi connectivity index (χ0n) is 10.6. The molecule has 0 aromatic rings. The molecular weight excluding hydrogens is 268 g/mol. The lowest BCUT2D eigenvalue weighted by atomic mass is 9.82. The number of nitrogens with one attached hydrogen (secondary N) is 2. The first-order valence-corrected chi connectivity index (χ1v) is 7.48. The number of carbonyl (C=O) groups is 3. The summed E-state index contributed by atoms with van der Waals surface area (Å²) in [7, 11) is 0. The van der Waals surface area contributed by atoms with Crippen molar-refractivity contribution in [3.05, 3.63) is 0 Å². The fourth-order valence-electron chi connectivity index (χ4n) is 2.51. The molecule has 1 saturated carbocycles. The molecule has 1 atom stereocenters. The van der Waals surface area contributed by atoms with E-state index in [1.54, 1.807) is 0 Å². The Labute approximate surface area is 115 Å². The Kier molecular flexibility index (Phi) is 4.68. The van der Waals surface area contributed by atoms with Crippen LogP contribution in [0.15, 0.2) is 0 Å². The van der Waals surface area contributed by atoms with Crippen LogP contribution in [0.25, 0.3) is 0 Å². The van der Waals surface area contributed by atoms with Crippen LogP contribution in [0.4, 0.5) is 4.79 Å². The molecule has 106 valence electrons. The van der Waals surface area contributed by atoms with Crippen LogP contribution in [0.3, 0.4) is 0 Å². The number of thioether (sulfide) groups is 1. The van der Waals surface area contributed by atoms with Crippen molar-refractivity contribution in [3.63, 3.8) is 0 Å². The summed E-state index contributed by atoms with van der Waals surface area (Å²) in [6.45, 7) is 0.572. The predicted octanol–water partition coefficient (Wildman–Crippen LogP) is 0.819. The van der Waals surface area contributed by atoms with Gasteiger partial charge >= 0.3 is 5.97 Å². The van der Waals surface area contributed by atoms with E-state index in [0.717, 1.165) is 24.6 Å². The van der Waals surface area contributed by atoms with Gasteiger partial charge in [0.05, 0.1) is 5.92 Å². The molecule has 2 aliphatic rings. The van der Waals surface area contributed by atoms with Crippen molar-refractivity contribution in [1.82, 2.24) is 10.6 Å². The standard InChI is InChI=1S/C12H18N2O4S/c15-10(9-6-19-12(18)14-9)13-5-7-1-3-8(4-2-7)11(16)17/h7-9H,1-6H2,(H,13,15)(H,14,18)(H,16,17). The van der Waals surface area contributed by atoms with Crippen molar-refractivity contribution in [2.75, 3.05) is 12.3 Å². The molecule has 0 radical (unpaired) electrons. The third kappa shape index (κ3) is 3.86. The van der Waals surface area contributed by atoms with Gasteiger partial charge in [0.1, 0.15) is 6.04 Å². The Balaban J connectivity index is 1.68. The van der Waals surface area contributed by atoms with Crippen LogP contribution < -0.4 is 10.6 Å². The molecule has 0 aromatic carbocycles. The van der Waals surface area contributed by atoms with Crippen molar-refractivity contribution in [2.45, 2.75) is 31.7 Å². The van der Waals surface area contributed by atoms with Gasteiger partial charge in [-0.3, -0.25) is 14.4 Å². The summed E-state index contributed by atoms with van der Waals surface area (Å²) in [6, 6.07) is -0.423. The number of carboxylic acids is 1. The zero-order valence-corrected chi connectivity index (χ0v) is 11.4. The van der Waals surface area contributed by atoms with Gasteiger partial charge in [-0.05, 0) is 31.6 Å². The number of carbonyl (C=O) groups excluding carboxylic acids is 2. The van der Waals surface area contributed by atoms with Gasteiger partial charge < -0.3 is 15.7 Å². The Morgan fingerprint density at radius 1 is 1.32 bits per heavy atom. The summed E-state index contributed by atoms with van der Waals surface area (Å²) in [5.74, 6) is -0.246. The van der Waals surface area contributed by atoms with E-state index in [1.807, 2.05) is 0 Å². The largest absolute Gasteiger partial charge is 0.481 e. The van der Waals surface area contributed by atoms with Gasteiger partial charge in [-0.1, -0.05) is 11.8 Å². The molecule has 2 fully saturated rings. The summed E-state index contributed by atoms with van der Waals surface area (Å²) in [5, 5.41) is 14.2. The summed E-state index contributed by atoms with van der Waals surface area (Å²) < 4.78 is 0. The molecular formula is C12H18N2O4S. The molecule has 0 aromatic heterocycles. The van der Waals surface area contributed by atoms with Crippen molar-refractivity contribution in [2.24, 2.45) is 11.8 Å². The highest BCUT2D eigenvalue weighted by molar-refractivity contribution is 8.14. The van der Waals surface area contributed by atoms with Gasteiger partial charge in [-0.15, -0.1) is 0 Å². The van der Waals surface area contributed by atoms with E-state index in [-0.39, 0.29) is 17.1 Å². The second-order valence-electron chi connectivity index (χ2n) is 5.10. The fourth-order valence-corrected chi connectivity index (χ4v) is 3.29. The van der Waals surface area contributed by atoms with E-state index >= 15 is 0 Å². The normalized spacial score (nSPS) is 30.7. The summed E-state index contributed by atoms with van der Waals surface area (Å²) in [4.78, 5) is 33.6. The summed E-state index contributed by atoms with van der Waals surface area (Å²) >= 11 is 1.12. The highest BCUT2D eigenvalue weighted by atomic mass is 32.2. The number of hydrogen-bond donors (Lipinski definition) is 3. The maximum absolute atomic E-state index is 11.8. The average Bonchev–Trinajstić information content (AvgIpc) is 2.83. The molecule has 3 N–H and O–H groups in total. The highest BCUT2D eigenvalue weighted by Gasteiger charge is 2.29. The first-order valence-electron chi connectivity index (χ1n) is 6.50. The molecule has 1 aliphatic heterocycles. The maximum Gasteiger partial charge on any atom is 0.306 e. The lowest BCUT2D eigenvalue weighted by Crippen LogP contribution is -2.44. The van der Waals surface area contributed by atoms with E-state index < -0.39 is 12.0 Å². The molecule has 19 heavy (non-hydrogen) atoms. The smallest absolute Gasteiger partial charge is 0.306 e. The minimum atomic E-state index is -0.715. The number of aliphatic carboxylic acids is 1. The van der Waals surface area contributed by atoms with Crippen LogP contribution in [-0.4, -0.2) is 40.6 Å². The first-order chi connectivity index (χ1) is 9.06. The second kappa shape index (κ2) is 6.27. The molecule has 2 amide bonds. The first kappa shape index (κ1) is 14.2. The quantitative estimate of drug-likeness (QED) is 0.711. The lowest BCUT2D eigenvalue weighted by Gasteiger charge is -2.26. The number of rotatable bonds is 4. The predicted molar refractivity (Wildman–Crippen MR) is 70.9 cm³/mol. The third-order valence-corrected chi connectivity index (χ3v) is 4.63.